The van der Waals surface area contributed by atoms with Crippen molar-refractivity contribution in [3.05, 3.63) is 35.9 Å². The van der Waals surface area contributed by atoms with E-state index < -0.39 is 0 Å². The molecule has 5 nitrogen and oxygen atoms in total. The Labute approximate surface area is 162 Å². The Kier molecular flexibility index (Phi) is 6.75. The molecule has 0 bridgehead atoms. The quantitative estimate of drug-likeness (QED) is 0.853. The van der Waals surface area contributed by atoms with Gasteiger partial charge in [-0.05, 0) is 38.2 Å². The Morgan fingerprint density at radius 2 is 1.78 bits per heavy atom. The highest BCUT2D eigenvalue weighted by atomic mass is 16.6. The van der Waals surface area contributed by atoms with Crippen molar-refractivity contribution in [3.63, 3.8) is 0 Å². The van der Waals surface area contributed by atoms with Crippen LogP contribution in [0, 0.1) is 5.92 Å². The molecule has 0 atom stereocenters. The van der Waals surface area contributed by atoms with E-state index in [0.717, 1.165) is 12.8 Å². The molecule has 0 aromatic heterocycles. The number of nitrogens with one attached hydrogen (secondary N) is 1. The highest BCUT2D eigenvalue weighted by Crippen LogP contribution is 2.39. The second-order valence-electron chi connectivity index (χ2n) is 7.89. The molecule has 0 unspecified atom stereocenters. The number of benzene rings is 1. The van der Waals surface area contributed by atoms with Crippen molar-refractivity contribution in [1.82, 2.24) is 10.2 Å². The lowest BCUT2D eigenvalue weighted by atomic mass is 9.69. The van der Waals surface area contributed by atoms with Gasteiger partial charge in [0.1, 0.15) is 0 Å². The third-order valence-electron chi connectivity index (χ3n) is 6.19. The van der Waals surface area contributed by atoms with Crippen molar-refractivity contribution >= 4 is 12.0 Å². The fraction of sp³-hybridized carbons (Fsp3) is 0.636. The summed E-state index contributed by atoms with van der Waals surface area (Å²) >= 11 is 0. The zero-order valence-corrected chi connectivity index (χ0v) is 16.4. The maximum Gasteiger partial charge on any atom is 0.409 e. The van der Waals surface area contributed by atoms with Crippen molar-refractivity contribution < 1.29 is 14.3 Å². The summed E-state index contributed by atoms with van der Waals surface area (Å²) in [5.74, 6) is 0.131. The summed E-state index contributed by atoms with van der Waals surface area (Å²) in [6.45, 7) is 4.11. The number of hydrogen-bond donors (Lipinski definition) is 1. The smallest absolute Gasteiger partial charge is 0.409 e. The SMILES string of the molecule is CCOC(=O)N1CCC(C(=O)NCC2(c3ccccc3)CCCCC2)CC1. The van der Waals surface area contributed by atoms with Crippen LogP contribution in [0.1, 0.15) is 57.4 Å². The molecule has 1 heterocycles. The number of nitrogens with zero attached hydrogens (tertiary/aromatic N) is 1. The highest BCUT2D eigenvalue weighted by Gasteiger charge is 2.35. The van der Waals surface area contributed by atoms with Crippen molar-refractivity contribution in [2.75, 3.05) is 26.2 Å². The van der Waals surface area contributed by atoms with E-state index in [1.807, 2.05) is 6.92 Å². The minimum Gasteiger partial charge on any atom is -0.450 e. The van der Waals surface area contributed by atoms with Gasteiger partial charge < -0.3 is 15.0 Å². The first-order valence-corrected chi connectivity index (χ1v) is 10.4. The van der Waals surface area contributed by atoms with Gasteiger partial charge in [0.05, 0.1) is 6.61 Å². The van der Waals surface area contributed by atoms with E-state index in [1.165, 1.54) is 24.8 Å². The van der Waals surface area contributed by atoms with Crippen LogP contribution >= 0.6 is 0 Å². The molecule has 2 fully saturated rings. The molecule has 2 amide bonds. The van der Waals surface area contributed by atoms with Crippen LogP contribution in [0.4, 0.5) is 4.79 Å². The fourth-order valence-corrected chi connectivity index (χ4v) is 4.53. The Morgan fingerprint density at radius 1 is 1.11 bits per heavy atom. The van der Waals surface area contributed by atoms with Crippen molar-refractivity contribution in [2.45, 2.75) is 57.3 Å². The first-order valence-electron chi connectivity index (χ1n) is 10.4. The predicted molar refractivity (Wildman–Crippen MR) is 106 cm³/mol. The van der Waals surface area contributed by atoms with Crippen molar-refractivity contribution in [3.8, 4) is 0 Å². The third-order valence-corrected chi connectivity index (χ3v) is 6.19. The van der Waals surface area contributed by atoms with Crippen LogP contribution in [0.2, 0.25) is 0 Å². The molecule has 3 rings (SSSR count). The molecule has 5 heteroatoms. The standard InChI is InChI=1S/C22H32N2O3/c1-2-27-21(26)24-15-11-18(12-16-24)20(25)23-17-22(13-7-4-8-14-22)19-9-5-3-6-10-19/h3,5-6,9-10,18H,2,4,7-8,11-17H2,1H3,(H,23,25). The number of likely N-dealkylation sites (tertiary alicyclic amines) is 1. The number of amides is 2. The van der Waals surface area contributed by atoms with Crippen LogP contribution in [-0.2, 0) is 14.9 Å². The van der Waals surface area contributed by atoms with Crippen LogP contribution in [-0.4, -0.2) is 43.1 Å². The molecule has 1 aliphatic heterocycles. The van der Waals surface area contributed by atoms with Gasteiger partial charge in [0, 0.05) is 31.0 Å². The molecule has 2 aliphatic rings. The van der Waals surface area contributed by atoms with Gasteiger partial charge in [-0.3, -0.25) is 4.79 Å². The zero-order chi connectivity index (χ0) is 19.1. The molecule has 0 radical (unpaired) electrons. The molecule has 1 aromatic carbocycles. The predicted octanol–water partition coefficient (Wildman–Crippen LogP) is 3.87. The van der Waals surface area contributed by atoms with E-state index in [1.54, 1.807) is 4.90 Å². The maximum absolute atomic E-state index is 12.8. The van der Waals surface area contributed by atoms with Crippen molar-refractivity contribution in [1.29, 1.82) is 0 Å². The molecule has 1 aromatic rings. The second kappa shape index (κ2) is 9.25. The molecular weight excluding hydrogens is 340 g/mol. The van der Waals surface area contributed by atoms with Crippen molar-refractivity contribution in [2.24, 2.45) is 5.92 Å². The average molecular weight is 373 g/mol. The lowest BCUT2D eigenvalue weighted by molar-refractivity contribution is -0.126. The van der Waals surface area contributed by atoms with Gasteiger partial charge in [0.25, 0.3) is 0 Å². The lowest BCUT2D eigenvalue weighted by Crippen LogP contribution is -2.47. The van der Waals surface area contributed by atoms with Gasteiger partial charge >= 0.3 is 6.09 Å². The Hall–Kier alpha value is -2.04. The topological polar surface area (TPSA) is 58.6 Å². The zero-order valence-electron chi connectivity index (χ0n) is 16.4. The minimum absolute atomic E-state index is 0.00732. The van der Waals surface area contributed by atoms with E-state index >= 15 is 0 Å². The molecule has 1 N–H and O–H groups in total. The normalized spacial score (nSPS) is 20.1. The number of rotatable bonds is 5. The Bertz CT molecular complexity index is 618. The maximum atomic E-state index is 12.8. The monoisotopic (exact) mass is 372 g/mol. The van der Waals surface area contributed by atoms with E-state index in [9.17, 15) is 9.59 Å². The number of ether oxygens (including phenoxy) is 1. The molecule has 1 saturated heterocycles. The summed E-state index contributed by atoms with van der Waals surface area (Å²) in [7, 11) is 0. The third kappa shape index (κ3) is 4.82. The fourth-order valence-electron chi connectivity index (χ4n) is 4.53. The van der Waals surface area contributed by atoms with Gasteiger partial charge in [-0.2, -0.15) is 0 Å². The average Bonchev–Trinajstić information content (AvgIpc) is 2.73. The van der Waals surface area contributed by atoms with E-state index in [2.05, 4.69) is 35.6 Å². The number of carbonyl (C=O) groups is 2. The molecule has 27 heavy (non-hydrogen) atoms. The largest absolute Gasteiger partial charge is 0.450 e. The molecular formula is C22H32N2O3. The van der Waals surface area contributed by atoms with Crippen LogP contribution in [0.5, 0.6) is 0 Å². The van der Waals surface area contributed by atoms with Crippen LogP contribution in [0.25, 0.3) is 0 Å². The second-order valence-corrected chi connectivity index (χ2v) is 7.89. The lowest BCUT2D eigenvalue weighted by Gasteiger charge is -2.39. The first-order chi connectivity index (χ1) is 13.1. The summed E-state index contributed by atoms with van der Waals surface area (Å²) < 4.78 is 5.05. The minimum atomic E-state index is -0.262. The van der Waals surface area contributed by atoms with Crippen LogP contribution in [0.3, 0.4) is 0 Å². The first kappa shape index (κ1) is 19.7. The number of carbonyl (C=O) groups excluding carboxylic acids is 2. The van der Waals surface area contributed by atoms with E-state index in [-0.39, 0.29) is 23.3 Å². The Morgan fingerprint density at radius 3 is 2.41 bits per heavy atom. The number of piperidine rings is 1. The van der Waals surface area contributed by atoms with Gasteiger partial charge in [-0.1, -0.05) is 49.6 Å². The summed E-state index contributed by atoms with van der Waals surface area (Å²) in [5.41, 5.74) is 1.42. The summed E-state index contributed by atoms with van der Waals surface area (Å²) in [5, 5.41) is 3.26. The van der Waals surface area contributed by atoms with Gasteiger partial charge in [-0.25, -0.2) is 4.79 Å². The van der Waals surface area contributed by atoms with Crippen LogP contribution in [0.15, 0.2) is 30.3 Å². The van der Waals surface area contributed by atoms with Crippen LogP contribution < -0.4 is 5.32 Å². The summed E-state index contributed by atoms with van der Waals surface area (Å²) in [6.07, 6.45) is 7.17. The highest BCUT2D eigenvalue weighted by molar-refractivity contribution is 5.79. The molecule has 1 saturated carbocycles. The van der Waals surface area contributed by atoms with Gasteiger partial charge in [-0.15, -0.1) is 0 Å². The molecule has 148 valence electrons. The van der Waals surface area contributed by atoms with E-state index in [0.29, 0.717) is 39.1 Å². The van der Waals surface area contributed by atoms with E-state index in [4.69, 9.17) is 4.74 Å². The summed E-state index contributed by atoms with van der Waals surface area (Å²) in [6, 6.07) is 10.7. The molecule has 0 spiro atoms. The van der Waals surface area contributed by atoms with Gasteiger partial charge in [0.15, 0.2) is 0 Å². The number of hydrogen-bond acceptors (Lipinski definition) is 3. The Balaban J connectivity index is 1.55. The molecule has 1 aliphatic carbocycles. The van der Waals surface area contributed by atoms with Gasteiger partial charge in [0.2, 0.25) is 5.91 Å². The summed E-state index contributed by atoms with van der Waals surface area (Å²) in [4.78, 5) is 26.3.